The lowest BCUT2D eigenvalue weighted by Crippen LogP contribution is -2.36. The highest BCUT2D eigenvalue weighted by Gasteiger charge is 2.30. The molecule has 4 heterocycles. The van der Waals surface area contributed by atoms with Crippen LogP contribution in [-0.2, 0) is 13.0 Å². The Labute approximate surface area is 174 Å². The number of imide groups is 1. The smallest absolute Gasteiger partial charge is 0.424 e. The second kappa shape index (κ2) is 7.44. The summed E-state index contributed by atoms with van der Waals surface area (Å²) in [6, 6.07) is 0. The fourth-order valence-corrected chi connectivity index (χ4v) is 4.45. The first-order chi connectivity index (χ1) is 14.3. The highest BCUT2D eigenvalue weighted by molar-refractivity contribution is 7.99. The minimum atomic E-state index is -1.68. The van der Waals surface area contributed by atoms with Gasteiger partial charge in [0.2, 0.25) is 5.95 Å². The normalized spacial score (nSPS) is 12.8. The molecule has 0 saturated carbocycles. The minimum absolute atomic E-state index is 0.0977. The third kappa shape index (κ3) is 3.18. The number of carbonyl (C=O) groups is 2. The second-order valence-corrected chi connectivity index (χ2v) is 7.76. The Morgan fingerprint density at radius 3 is 2.67 bits per heavy atom. The highest BCUT2D eigenvalue weighted by Crippen LogP contribution is 2.35. The number of hydrogen-bond acceptors (Lipinski definition) is 8. The number of thioether (sulfide) groups is 1. The molecule has 30 heavy (non-hydrogen) atoms. The van der Waals surface area contributed by atoms with Crippen LogP contribution in [0.1, 0.15) is 22.5 Å². The van der Waals surface area contributed by atoms with Crippen LogP contribution in [0, 0.1) is 13.8 Å². The lowest BCUT2D eigenvalue weighted by atomic mass is 10.1. The maximum atomic E-state index is 11.4. The van der Waals surface area contributed by atoms with Crippen molar-refractivity contribution in [2.75, 3.05) is 17.8 Å². The number of aryl methyl sites for hydroxylation is 2. The van der Waals surface area contributed by atoms with E-state index in [1.54, 1.807) is 18.0 Å². The second-order valence-electron chi connectivity index (χ2n) is 6.68. The van der Waals surface area contributed by atoms with Crippen LogP contribution < -0.4 is 9.64 Å². The molecule has 4 rings (SSSR count). The molecule has 0 aromatic carbocycles. The fraction of sp³-hybridized carbons (Fsp3) is 0.333. The molecule has 2 N–H and O–H groups in total. The topological polar surface area (TPSA) is 144 Å². The fourth-order valence-electron chi connectivity index (χ4n) is 3.46. The van der Waals surface area contributed by atoms with Crippen LogP contribution in [0.4, 0.5) is 15.5 Å². The summed E-state index contributed by atoms with van der Waals surface area (Å²) in [7, 11) is 1.60. The van der Waals surface area contributed by atoms with E-state index in [2.05, 4.69) is 20.1 Å². The summed E-state index contributed by atoms with van der Waals surface area (Å²) in [6.07, 6.45) is -0.942. The molecule has 12 heteroatoms. The molecular formula is C18H18N6O5S. The summed E-state index contributed by atoms with van der Waals surface area (Å²) in [5.41, 5.74) is 3.64. The van der Waals surface area contributed by atoms with E-state index in [4.69, 9.17) is 4.74 Å². The van der Waals surface area contributed by atoms with Crippen molar-refractivity contribution in [3.8, 4) is 5.75 Å². The number of rotatable bonds is 4. The van der Waals surface area contributed by atoms with Crippen molar-refractivity contribution in [1.82, 2.24) is 24.7 Å². The number of nitrogens with zero attached hydrogens (tertiary/aromatic N) is 6. The van der Waals surface area contributed by atoms with Gasteiger partial charge in [-0.3, -0.25) is 4.98 Å². The van der Waals surface area contributed by atoms with Gasteiger partial charge in [0.1, 0.15) is 10.8 Å². The van der Waals surface area contributed by atoms with E-state index < -0.39 is 18.1 Å². The van der Waals surface area contributed by atoms with Gasteiger partial charge >= 0.3 is 12.2 Å². The van der Waals surface area contributed by atoms with Gasteiger partial charge in [-0.05, 0) is 13.8 Å². The van der Waals surface area contributed by atoms with Gasteiger partial charge in [-0.1, -0.05) is 0 Å². The first kappa shape index (κ1) is 19.9. The van der Waals surface area contributed by atoms with Crippen LogP contribution in [-0.4, -0.2) is 60.0 Å². The number of hydrogen-bond donors (Lipinski definition) is 2. The summed E-state index contributed by atoms with van der Waals surface area (Å²) in [5.74, 6) is 1.01. The summed E-state index contributed by atoms with van der Waals surface area (Å²) in [6.45, 7) is 4.07. The minimum Gasteiger partial charge on any atom is -0.496 e. The molecule has 0 bridgehead atoms. The molecule has 11 nitrogen and oxygen atoms in total. The number of aromatic nitrogens is 5. The maximum Gasteiger partial charge on any atom is 0.424 e. The van der Waals surface area contributed by atoms with E-state index in [-0.39, 0.29) is 11.4 Å². The summed E-state index contributed by atoms with van der Waals surface area (Å²) in [4.78, 5) is 35.9. The predicted molar refractivity (Wildman–Crippen MR) is 108 cm³/mol. The third-order valence-corrected chi connectivity index (χ3v) is 5.81. The van der Waals surface area contributed by atoms with Gasteiger partial charge in [-0.15, -0.1) is 16.7 Å². The summed E-state index contributed by atoms with van der Waals surface area (Å²) < 4.78 is 7.07. The molecule has 0 radical (unpaired) electrons. The van der Waals surface area contributed by atoms with Gasteiger partial charge in [-0.25, -0.2) is 19.3 Å². The predicted octanol–water partition coefficient (Wildman–Crippen LogP) is 2.71. The van der Waals surface area contributed by atoms with Crippen LogP contribution in [0.25, 0.3) is 11.0 Å². The number of ether oxygens (including phenoxy) is 1. The summed E-state index contributed by atoms with van der Waals surface area (Å²) >= 11 is 1.41. The molecule has 2 amide bonds. The monoisotopic (exact) mass is 430 g/mol. The summed E-state index contributed by atoms with van der Waals surface area (Å²) in [5, 5.41) is 24.4. The van der Waals surface area contributed by atoms with E-state index in [0.29, 0.717) is 28.2 Å². The van der Waals surface area contributed by atoms with Gasteiger partial charge in [0.15, 0.2) is 5.65 Å². The number of pyridine rings is 1. The van der Waals surface area contributed by atoms with E-state index in [9.17, 15) is 19.8 Å². The van der Waals surface area contributed by atoms with Crippen LogP contribution in [0.5, 0.6) is 5.75 Å². The van der Waals surface area contributed by atoms with Gasteiger partial charge in [-0.2, -0.15) is 10.1 Å². The zero-order valence-electron chi connectivity index (χ0n) is 16.4. The average molecular weight is 430 g/mol. The lowest BCUT2D eigenvalue weighted by molar-refractivity contribution is 0.183. The van der Waals surface area contributed by atoms with Crippen molar-refractivity contribution in [2.45, 2.75) is 31.8 Å². The van der Waals surface area contributed by atoms with E-state index in [0.717, 1.165) is 28.3 Å². The molecule has 1 aliphatic heterocycles. The molecule has 156 valence electrons. The van der Waals surface area contributed by atoms with Crippen LogP contribution >= 0.6 is 11.8 Å². The molecule has 0 unspecified atom stereocenters. The van der Waals surface area contributed by atoms with Crippen LogP contribution in [0.3, 0.4) is 0 Å². The van der Waals surface area contributed by atoms with Crippen molar-refractivity contribution in [1.29, 1.82) is 0 Å². The van der Waals surface area contributed by atoms with Gasteiger partial charge in [0.05, 0.1) is 30.4 Å². The first-order valence-corrected chi connectivity index (χ1v) is 9.95. The molecule has 0 atom stereocenters. The molecule has 0 fully saturated rings. The number of carboxylic acid groups (broad SMARTS) is 2. The SMILES string of the molecule is COc1c(C)cnc(Cn2nc3c4c(nc(N(C(=O)O)C(=O)O)nc42)SCC3)c1C. The Morgan fingerprint density at radius 2 is 2.00 bits per heavy atom. The molecule has 3 aromatic rings. The molecule has 0 aliphatic carbocycles. The van der Waals surface area contributed by atoms with Gasteiger partial charge in [0.25, 0.3) is 0 Å². The largest absolute Gasteiger partial charge is 0.496 e. The first-order valence-electron chi connectivity index (χ1n) is 8.97. The maximum absolute atomic E-state index is 11.4. The van der Waals surface area contributed by atoms with Gasteiger partial charge < -0.3 is 14.9 Å². The van der Waals surface area contributed by atoms with E-state index >= 15 is 0 Å². The average Bonchev–Trinajstić information content (AvgIpc) is 3.03. The number of amides is 2. The van der Waals surface area contributed by atoms with Crippen LogP contribution in [0.2, 0.25) is 0 Å². The zero-order valence-corrected chi connectivity index (χ0v) is 17.2. The van der Waals surface area contributed by atoms with Crippen LogP contribution in [0.15, 0.2) is 11.2 Å². The van der Waals surface area contributed by atoms with Crippen molar-refractivity contribution < 1.29 is 24.5 Å². The quantitative estimate of drug-likeness (QED) is 0.593. The Balaban J connectivity index is 1.88. The van der Waals surface area contributed by atoms with E-state index in [1.165, 1.54) is 11.8 Å². The van der Waals surface area contributed by atoms with Gasteiger partial charge in [0, 0.05) is 29.5 Å². The highest BCUT2D eigenvalue weighted by atomic mass is 32.2. The van der Waals surface area contributed by atoms with Crippen molar-refractivity contribution >= 4 is 40.9 Å². The molecule has 0 spiro atoms. The molecule has 3 aromatic heterocycles. The van der Waals surface area contributed by atoms with Crippen molar-refractivity contribution in [2.24, 2.45) is 0 Å². The lowest BCUT2D eigenvalue weighted by Gasteiger charge is -2.15. The molecule has 0 saturated heterocycles. The Kier molecular flexibility index (Phi) is 4.94. The Morgan fingerprint density at radius 1 is 1.27 bits per heavy atom. The standard InChI is InChI=1S/C18H18N6O5S/c1-8-6-19-11(9(2)13(8)29-3)7-23-14-12-10(22-23)4-5-30-15(12)21-16(20-14)24(17(25)26)18(27)28/h6H,4-5,7H2,1-3H3,(H,25,26)(H,27,28). The van der Waals surface area contributed by atoms with Crippen molar-refractivity contribution in [3.63, 3.8) is 0 Å². The van der Waals surface area contributed by atoms with E-state index in [1.807, 2.05) is 13.8 Å². The third-order valence-electron chi connectivity index (χ3n) is 4.83. The number of methoxy groups -OCH3 is 1. The number of anilines is 1. The molecular weight excluding hydrogens is 412 g/mol. The van der Waals surface area contributed by atoms with Crippen molar-refractivity contribution in [3.05, 3.63) is 28.7 Å². The Bertz CT molecular complexity index is 1180. The Hall–Kier alpha value is -3.41. The molecule has 1 aliphatic rings. The zero-order chi connectivity index (χ0) is 21.6.